The highest BCUT2D eigenvalue weighted by molar-refractivity contribution is 5.75. The zero-order chi connectivity index (χ0) is 17.8. The molecule has 3 amide bonds. The lowest BCUT2D eigenvalue weighted by Gasteiger charge is -2.07. The van der Waals surface area contributed by atoms with Crippen molar-refractivity contribution in [3.63, 3.8) is 0 Å². The van der Waals surface area contributed by atoms with E-state index < -0.39 is 12.6 Å². The van der Waals surface area contributed by atoms with Gasteiger partial charge in [-0.25, -0.2) is 4.79 Å². The molecule has 0 aromatic heterocycles. The van der Waals surface area contributed by atoms with E-state index in [9.17, 15) is 18.4 Å². The summed E-state index contributed by atoms with van der Waals surface area (Å²) in [7, 11) is 0. The van der Waals surface area contributed by atoms with Gasteiger partial charge in [-0.15, -0.1) is 0 Å². The van der Waals surface area contributed by atoms with E-state index in [4.69, 9.17) is 5.73 Å². The predicted octanol–water partition coefficient (Wildman–Crippen LogP) is 2.18. The average Bonchev–Trinajstić information content (AvgIpc) is 2.51. The topological polar surface area (TPSA) is 93.5 Å². The molecule has 134 valence electrons. The molecule has 24 heavy (non-hydrogen) atoms. The van der Waals surface area contributed by atoms with Crippen LogP contribution in [0.2, 0.25) is 0 Å². The number of halogens is 2. The number of nitrogens with two attached hydrogens (primary N) is 1. The molecule has 0 heterocycles. The van der Waals surface area contributed by atoms with Crippen molar-refractivity contribution in [3.8, 4) is 5.75 Å². The van der Waals surface area contributed by atoms with Crippen molar-refractivity contribution < 1.29 is 23.1 Å². The van der Waals surface area contributed by atoms with Gasteiger partial charge in [0.15, 0.2) is 0 Å². The SMILES string of the molecule is NC(=O)NCCCCCC(=O)NCCc1ccc(OC(F)F)cc1. The number of nitrogens with one attached hydrogen (secondary N) is 2. The van der Waals surface area contributed by atoms with Gasteiger partial charge in [-0.05, 0) is 37.0 Å². The lowest BCUT2D eigenvalue weighted by molar-refractivity contribution is -0.121. The van der Waals surface area contributed by atoms with Crippen LogP contribution < -0.4 is 21.1 Å². The van der Waals surface area contributed by atoms with Gasteiger partial charge in [0.2, 0.25) is 5.91 Å². The zero-order valence-corrected chi connectivity index (χ0v) is 13.4. The normalized spacial score (nSPS) is 10.5. The summed E-state index contributed by atoms with van der Waals surface area (Å²) in [5, 5.41) is 5.30. The zero-order valence-electron chi connectivity index (χ0n) is 13.4. The second-order valence-corrected chi connectivity index (χ2v) is 5.22. The van der Waals surface area contributed by atoms with Gasteiger partial charge in [-0.1, -0.05) is 18.6 Å². The van der Waals surface area contributed by atoms with E-state index in [0.717, 1.165) is 24.8 Å². The first kappa shape index (κ1) is 19.7. The molecule has 8 heteroatoms. The Hall–Kier alpha value is -2.38. The van der Waals surface area contributed by atoms with Crippen molar-refractivity contribution in [2.45, 2.75) is 38.7 Å². The first-order chi connectivity index (χ1) is 11.5. The first-order valence-corrected chi connectivity index (χ1v) is 7.81. The van der Waals surface area contributed by atoms with Gasteiger partial charge in [-0.3, -0.25) is 4.79 Å². The van der Waals surface area contributed by atoms with Crippen LogP contribution in [-0.2, 0) is 11.2 Å². The second-order valence-electron chi connectivity index (χ2n) is 5.22. The van der Waals surface area contributed by atoms with E-state index in [0.29, 0.717) is 25.9 Å². The maximum atomic E-state index is 12.0. The lowest BCUT2D eigenvalue weighted by atomic mass is 10.1. The number of ether oxygens (including phenoxy) is 1. The maximum absolute atomic E-state index is 12.0. The third kappa shape index (κ3) is 9.60. The largest absolute Gasteiger partial charge is 0.435 e. The summed E-state index contributed by atoms with van der Waals surface area (Å²) in [5.41, 5.74) is 5.86. The molecule has 0 saturated carbocycles. The Morgan fingerprint density at radius 2 is 1.75 bits per heavy atom. The molecular weight excluding hydrogens is 320 g/mol. The summed E-state index contributed by atoms with van der Waals surface area (Å²) < 4.78 is 28.3. The Balaban J connectivity index is 2.09. The van der Waals surface area contributed by atoms with Crippen LogP contribution in [0, 0.1) is 0 Å². The summed E-state index contributed by atoms with van der Waals surface area (Å²) in [4.78, 5) is 22.1. The van der Waals surface area contributed by atoms with Gasteiger partial charge in [0.1, 0.15) is 5.75 Å². The minimum absolute atomic E-state index is 0.0319. The lowest BCUT2D eigenvalue weighted by Crippen LogP contribution is -2.30. The molecule has 0 radical (unpaired) electrons. The number of benzene rings is 1. The number of carbonyl (C=O) groups excluding carboxylic acids is 2. The van der Waals surface area contributed by atoms with Crippen LogP contribution in [0.15, 0.2) is 24.3 Å². The molecule has 0 bridgehead atoms. The molecule has 1 aromatic rings. The van der Waals surface area contributed by atoms with Gasteiger partial charge in [0.25, 0.3) is 0 Å². The second kappa shape index (κ2) is 11.2. The maximum Gasteiger partial charge on any atom is 0.387 e. The minimum Gasteiger partial charge on any atom is -0.435 e. The minimum atomic E-state index is -2.83. The van der Waals surface area contributed by atoms with Crippen LogP contribution in [-0.4, -0.2) is 31.6 Å². The van der Waals surface area contributed by atoms with Gasteiger partial charge in [0, 0.05) is 19.5 Å². The summed E-state index contributed by atoms with van der Waals surface area (Å²) in [6.45, 7) is -1.83. The van der Waals surface area contributed by atoms with Crippen LogP contribution in [0.25, 0.3) is 0 Å². The molecule has 0 aliphatic carbocycles. The summed E-state index contributed by atoms with van der Waals surface area (Å²) >= 11 is 0. The van der Waals surface area contributed by atoms with Crippen molar-refractivity contribution in [2.24, 2.45) is 5.73 Å². The Bertz CT molecular complexity index is 510. The van der Waals surface area contributed by atoms with Crippen molar-refractivity contribution in [1.29, 1.82) is 0 Å². The average molecular weight is 343 g/mol. The number of alkyl halides is 2. The number of primary amides is 1. The monoisotopic (exact) mass is 343 g/mol. The number of hydrogen-bond donors (Lipinski definition) is 3. The van der Waals surface area contributed by atoms with Gasteiger partial charge in [-0.2, -0.15) is 8.78 Å². The quantitative estimate of drug-likeness (QED) is 0.538. The van der Waals surface area contributed by atoms with E-state index in [1.807, 2.05) is 0 Å². The highest BCUT2D eigenvalue weighted by atomic mass is 19.3. The molecule has 4 N–H and O–H groups in total. The standard InChI is InChI=1S/C16H23F2N3O3/c17-15(18)24-13-7-5-12(6-8-13)9-11-20-14(22)4-2-1-3-10-21-16(19)23/h5-8,15H,1-4,9-11H2,(H,20,22)(H3,19,21,23). The third-order valence-electron chi connectivity index (χ3n) is 3.26. The number of unbranched alkanes of at least 4 members (excludes halogenated alkanes) is 2. The van der Waals surface area contributed by atoms with Crippen molar-refractivity contribution in [3.05, 3.63) is 29.8 Å². The highest BCUT2D eigenvalue weighted by Crippen LogP contribution is 2.14. The fourth-order valence-electron chi connectivity index (χ4n) is 2.07. The smallest absolute Gasteiger partial charge is 0.387 e. The van der Waals surface area contributed by atoms with E-state index in [-0.39, 0.29) is 11.7 Å². The highest BCUT2D eigenvalue weighted by Gasteiger charge is 2.04. The Labute approximate surface area is 139 Å². The molecule has 0 saturated heterocycles. The van der Waals surface area contributed by atoms with Gasteiger partial charge in [0.05, 0.1) is 0 Å². The fraction of sp³-hybridized carbons (Fsp3) is 0.500. The number of rotatable bonds is 11. The van der Waals surface area contributed by atoms with Crippen LogP contribution >= 0.6 is 0 Å². The molecule has 0 aliphatic heterocycles. The number of amides is 3. The van der Waals surface area contributed by atoms with Gasteiger partial charge >= 0.3 is 12.6 Å². The van der Waals surface area contributed by atoms with Gasteiger partial charge < -0.3 is 21.1 Å². The van der Waals surface area contributed by atoms with E-state index >= 15 is 0 Å². The Morgan fingerprint density at radius 1 is 1.04 bits per heavy atom. The van der Waals surface area contributed by atoms with E-state index in [1.165, 1.54) is 12.1 Å². The van der Waals surface area contributed by atoms with Crippen LogP contribution in [0.3, 0.4) is 0 Å². The van der Waals surface area contributed by atoms with Crippen LogP contribution in [0.5, 0.6) is 5.75 Å². The van der Waals surface area contributed by atoms with Crippen molar-refractivity contribution >= 4 is 11.9 Å². The van der Waals surface area contributed by atoms with Crippen LogP contribution in [0.1, 0.15) is 31.2 Å². The first-order valence-electron chi connectivity index (χ1n) is 7.81. The summed E-state index contributed by atoms with van der Waals surface area (Å²) in [6, 6.07) is 5.79. The molecule has 0 spiro atoms. The van der Waals surface area contributed by atoms with Crippen molar-refractivity contribution in [2.75, 3.05) is 13.1 Å². The summed E-state index contributed by atoms with van der Waals surface area (Å²) in [5.74, 6) is 0.0825. The fourth-order valence-corrected chi connectivity index (χ4v) is 2.07. The molecule has 0 aliphatic rings. The Morgan fingerprint density at radius 3 is 2.38 bits per heavy atom. The number of hydrogen-bond acceptors (Lipinski definition) is 3. The molecule has 0 fully saturated rings. The number of urea groups is 1. The van der Waals surface area contributed by atoms with E-state index in [2.05, 4.69) is 15.4 Å². The third-order valence-corrected chi connectivity index (χ3v) is 3.26. The molecule has 0 unspecified atom stereocenters. The molecule has 6 nitrogen and oxygen atoms in total. The van der Waals surface area contributed by atoms with E-state index in [1.54, 1.807) is 12.1 Å². The molecule has 1 rings (SSSR count). The van der Waals surface area contributed by atoms with Crippen LogP contribution in [0.4, 0.5) is 13.6 Å². The molecular formula is C16H23F2N3O3. The summed E-state index contributed by atoms with van der Waals surface area (Å²) in [6.07, 6.45) is 3.40. The predicted molar refractivity (Wildman–Crippen MR) is 85.8 cm³/mol. The number of carbonyl (C=O) groups is 2. The Kier molecular flexibility index (Phi) is 9.18. The van der Waals surface area contributed by atoms with Crippen molar-refractivity contribution in [1.82, 2.24) is 10.6 Å². The molecule has 1 aromatic carbocycles. The molecule has 0 atom stereocenters.